The van der Waals surface area contributed by atoms with Gasteiger partial charge >= 0.3 is 0 Å². The molecule has 0 unspecified atom stereocenters. The third-order valence-electron chi connectivity index (χ3n) is 3.64. The largest absolute Gasteiger partial charge is 0.502 e. The van der Waals surface area contributed by atoms with Gasteiger partial charge in [0, 0.05) is 6.54 Å². The number of amides is 2. The van der Waals surface area contributed by atoms with Crippen molar-refractivity contribution in [2.75, 3.05) is 6.54 Å². The van der Waals surface area contributed by atoms with Crippen LogP contribution in [0, 0.1) is 0 Å². The van der Waals surface area contributed by atoms with Crippen LogP contribution in [0.3, 0.4) is 0 Å². The maximum atomic E-state index is 12.4. The molecule has 124 valence electrons. The summed E-state index contributed by atoms with van der Waals surface area (Å²) in [5.41, 5.74) is 0.595. The lowest BCUT2D eigenvalue weighted by Crippen LogP contribution is -2.32. The molecule has 1 aromatic rings. The number of unbranched alkanes of at least 4 members (excludes halogenated alkanes) is 2. The van der Waals surface area contributed by atoms with E-state index in [-0.39, 0.29) is 11.7 Å². The Hall–Kier alpha value is -2.30. The highest BCUT2D eigenvalue weighted by Crippen LogP contribution is 2.29. The van der Waals surface area contributed by atoms with Gasteiger partial charge in [0.2, 0.25) is 0 Å². The van der Waals surface area contributed by atoms with Gasteiger partial charge in [0.15, 0.2) is 5.76 Å². The molecule has 1 heterocycles. The van der Waals surface area contributed by atoms with E-state index in [2.05, 4.69) is 6.92 Å². The SMILES string of the molecule is CCCCCN1C(=O)C(O)=C(c2ccc(OC(C)C)cc2)C1=O. The molecule has 0 aromatic heterocycles. The lowest BCUT2D eigenvalue weighted by molar-refractivity contribution is -0.138. The van der Waals surface area contributed by atoms with Gasteiger partial charge in [0.05, 0.1) is 11.7 Å². The standard InChI is InChI=1S/C18H23NO4/c1-4-5-6-11-19-17(21)15(16(20)18(19)22)13-7-9-14(10-8-13)23-12(2)3/h7-10,12,20H,4-6,11H2,1-3H3. The first-order valence-corrected chi connectivity index (χ1v) is 8.02. The molecule has 23 heavy (non-hydrogen) atoms. The number of benzene rings is 1. The maximum Gasteiger partial charge on any atom is 0.296 e. The van der Waals surface area contributed by atoms with Crippen molar-refractivity contribution < 1.29 is 19.4 Å². The van der Waals surface area contributed by atoms with E-state index in [9.17, 15) is 14.7 Å². The van der Waals surface area contributed by atoms with Gasteiger partial charge in [0.1, 0.15) is 5.75 Å². The third kappa shape index (κ3) is 3.73. The minimum atomic E-state index is -0.608. The summed E-state index contributed by atoms with van der Waals surface area (Å²) in [6, 6.07) is 6.83. The number of hydrogen-bond acceptors (Lipinski definition) is 4. The highest BCUT2D eigenvalue weighted by atomic mass is 16.5. The van der Waals surface area contributed by atoms with Gasteiger partial charge in [0.25, 0.3) is 11.8 Å². The molecule has 1 aliphatic rings. The van der Waals surface area contributed by atoms with Crippen molar-refractivity contribution in [3.63, 3.8) is 0 Å². The number of nitrogens with zero attached hydrogens (tertiary/aromatic N) is 1. The number of carbonyl (C=O) groups excluding carboxylic acids is 2. The van der Waals surface area contributed by atoms with Crippen LogP contribution >= 0.6 is 0 Å². The first-order chi connectivity index (χ1) is 11.0. The topological polar surface area (TPSA) is 66.8 Å². The van der Waals surface area contributed by atoms with E-state index in [0.29, 0.717) is 17.9 Å². The number of ether oxygens (including phenoxy) is 1. The lowest BCUT2D eigenvalue weighted by Gasteiger charge is -2.14. The Morgan fingerprint density at radius 1 is 1.09 bits per heavy atom. The number of aliphatic hydroxyl groups excluding tert-OH is 1. The van der Waals surface area contributed by atoms with Crippen molar-refractivity contribution in [3.05, 3.63) is 35.6 Å². The summed E-state index contributed by atoms with van der Waals surface area (Å²) in [6.07, 6.45) is 2.74. The summed E-state index contributed by atoms with van der Waals surface area (Å²) in [7, 11) is 0. The minimum absolute atomic E-state index is 0.0530. The van der Waals surface area contributed by atoms with Crippen molar-refractivity contribution >= 4 is 17.4 Å². The Balaban J connectivity index is 2.18. The van der Waals surface area contributed by atoms with Crippen LogP contribution in [0.1, 0.15) is 45.6 Å². The van der Waals surface area contributed by atoms with Crippen LogP contribution < -0.4 is 4.74 Å². The summed E-state index contributed by atoms with van der Waals surface area (Å²) in [6.45, 7) is 6.24. The Morgan fingerprint density at radius 3 is 2.30 bits per heavy atom. The lowest BCUT2D eigenvalue weighted by atomic mass is 10.1. The number of aliphatic hydroxyl groups is 1. The molecule has 0 atom stereocenters. The fourth-order valence-electron chi connectivity index (χ4n) is 2.52. The molecule has 2 rings (SSSR count). The normalized spacial score (nSPS) is 15.0. The van der Waals surface area contributed by atoms with Crippen LogP contribution in [0.4, 0.5) is 0 Å². The van der Waals surface area contributed by atoms with E-state index in [4.69, 9.17) is 4.74 Å². The molecule has 1 aromatic carbocycles. The molecule has 1 aliphatic heterocycles. The van der Waals surface area contributed by atoms with E-state index in [1.165, 1.54) is 0 Å². The summed E-state index contributed by atoms with van der Waals surface area (Å²) < 4.78 is 5.55. The molecule has 0 saturated carbocycles. The van der Waals surface area contributed by atoms with Crippen LogP contribution in [0.2, 0.25) is 0 Å². The molecule has 5 nitrogen and oxygen atoms in total. The fourth-order valence-corrected chi connectivity index (χ4v) is 2.52. The van der Waals surface area contributed by atoms with Crippen LogP contribution in [0.15, 0.2) is 30.0 Å². The molecule has 0 spiro atoms. The zero-order valence-corrected chi connectivity index (χ0v) is 13.8. The van der Waals surface area contributed by atoms with Crippen molar-refractivity contribution in [3.8, 4) is 5.75 Å². The van der Waals surface area contributed by atoms with Crippen LogP contribution in [-0.4, -0.2) is 34.5 Å². The van der Waals surface area contributed by atoms with Gasteiger partial charge < -0.3 is 9.84 Å². The molecular formula is C18H23NO4. The van der Waals surface area contributed by atoms with Gasteiger partial charge in [-0.25, -0.2) is 0 Å². The van der Waals surface area contributed by atoms with Crippen LogP contribution in [0.5, 0.6) is 5.75 Å². The van der Waals surface area contributed by atoms with Crippen LogP contribution in [-0.2, 0) is 9.59 Å². The number of carbonyl (C=O) groups is 2. The van der Waals surface area contributed by atoms with E-state index in [0.717, 1.165) is 24.2 Å². The quantitative estimate of drug-likeness (QED) is 0.619. The zero-order chi connectivity index (χ0) is 17.0. The van der Waals surface area contributed by atoms with E-state index >= 15 is 0 Å². The predicted octanol–water partition coefficient (Wildman–Crippen LogP) is 3.30. The third-order valence-corrected chi connectivity index (χ3v) is 3.64. The number of imide groups is 1. The highest BCUT2D eigenvalue weighted by Gasteiger charge is 2.38. The Labute approximate surface area is 136 Å². The van der Waals surface area contributed by atoms with E-state index in [1.54, 1.807) is 24.3 Å². The highest BCUT2D eigenvalue weighted by molar-refractivity contribution is 6.34. The number of rotatable bonds is 7. The molecule has 2 amide bonds. The van der Waals surface area contributed by atoms with Crippen molar-refractivity contribution in [1.82, 2.24) is 4.90 Å². The molecule has 5 heteroatoms. The van der Waals surface area contributed by atoms with Crippen molar-refractivity contribution in [2.45, 2.75) is 46.1 Å². The molecule has 0 saturated heterocycles. The molecule has 0 radical (unpaired) electrons. The first-order valence-electron chi connectivity index (χ1n) is 8.02. The second-order valence-corrected chi connectivity index (χ2v) is 5.88. The van der Waals surface area contributed by atoms with Crippen molar-refractivity contribution in [1.29, 1.82) is 0 Å². The molecule has 1 N–H and O–H groups in total. The average Bonchev–Trinajstić information content (AvgIpc) is 2.71. The Kier molecular flexibility index (Phi) is 5.42. The van der Waals surface area contributed by atoms with Gasteiger partial charge in [-0.15, -0.1) is 0 Å². The summed E-state index contributed by atoms with van der Waals surface area (Å²) in [5.74, 6) is -0.825. The van der Waals surface area contributed by atoms with Gasteiger partial charge in [-0.05, 0) is 38.0 Å². The summed E-state index contributed by atoms with van der Waals surface area (Å²) in [5, 5.41) is 10.1. The fraction of sp³-hybridized carbons (Fsp3) is 0.444. The molecular weight excluding hydrogens is 294 g/mol. The Morgan fingerprint density at radius 2 is 1.74 bits per heavy atom. The predicted molar refractivity (Wildman–Crippen MR) is 88.0 cm³/mol. The summed E-state index contributed by atoms with van der Waals surface area (Å²) in [4.78, 5) is 25.6. The minimum Gasteiger partial charge on any atom is -0.502 e. The second-order valence-electron chi connectivity index (χ2n) is 5.88. The van der Waals surface area contributed by atoms with E-state index in [1.807, 2.05) is 13.8 Å². The molecule has 0 aliphatic carbocycles. The first kappa shape index (κ1) is 17.1. The molecule has 0 fully saturated rings. The van der Waals surface area contributed by atoms with Gasteiger partial charge in [-0.2, -0.15) is 0 Å². The average molecular weight is 317 g/mol. The smallest absolute Gasteiger partial charge is 0.296 e. The molecule has 0 bridgehead atoms. The van der Waals surface area contributed by atoms with Crippen molar-refractivity contribution in [2.24, 2.45) is 0 Å². The van der Waals surface area contributed by atoms with Crippen LogP contribution in [0.25, 0.3) is 5.57 Å². The van der Waals surface area contributed by atoms with Gasteiger partial charge in [-0.3, -0.25) is 14.5 Å². The van der Waals surface area contributed by atoms with Gasteiger partial charge in [-0.1, -0.05) is 31.9 Å². The van der Waals surface area contributed by atoms with E-state index < -0.39 is 17.6 Å². The monoisotopic (exact) mass is 317 g/mol. The maximum absolute atomic E-state index is 12.4. The zero-order valence-electron chi connectivity index (χ0n) is 13.8. The number of hydrogen-bond donors (Lipinski definition) is 1. The Bertz CT molecular complexity index is 616. The second kappa shape index (κ2) is 7.31. The summed E-state index contributed by atoms with van der Waals surface area (Å²) >= 11 is 0.